The van der Waals surface area contributed by atoms with Gasteiger partial charge in [-0.15, -0.1) is 0 Å². The molecule has 7 nitrogen and oxygen atoms in total. The van der Waals surface area contributed by atoms with Gasteiger partial charge in [-0.2, -0.15) is 5.10 Å². The number of amides is 2. The fourth-order valence-electron chi connectivity index (χ4n) is 3.27. The fraction of sp³-hybridized carbons (Fsp3) is 0.318. The van der Waals surface area contributed by atoms with Gasteiger partial charge in [0, 0.05) is 24.6 Å². The molecule has 0 bridgehead atoms. The molecule has 1 heterocycles. The Morgan fingerprint density at radius 3 is 2.38 bits per heavy atom. The summed E-state index contributed by atoms with van der Waals surface area (Å²) in [6.45, 7) is 1.07. The normalized spacial score (nSPS) is 14.6. The molecule has 29 heavy (non-hydrogen) atoms. The maximum atomic E-state index is 12.7. The Hall–Kier alpha value is -3.35. The highest BCUT2D eigenvalue weighted by molar-refractivity contribution is 5.94. The van der Waals surface area contributed by atoms with Gasteiger partial charge in [-0.3, -0.25) is 9.59 Å². The second kappa shape index (κ2) is 9.73. The number of hydrogen-bond donors (Lipinski definition) is 1. The number of carbonyl (C=O) groups excluding carboxylic acids is 2. The third-order valence-electron chi connectivity index (χ3n) is 4.95. The number of nitrogens with zero attached hydrogens (tertiary/aromatic N) is 2. The first-order valence-electron chi connectivity index (χ1n) is 9.51. The van der Waals surface area contributed by atoms with E-state index in [-0.39, 0.29) is 17.7 Å². The second-order valence-corrected chi connectivity index (χ2v) is 6.81. The standard InChI is InChI=1S/C22H25N3O4/c1-28-19-7-3-5-16(13-19)15-23-24-21(26)17-9-11-25(12-10-17)22(27)18-6-4-8-20(14-18)29-2/h3-8,13-15,17H,9-12H2,1-2H3,(H,24,26)/b23-15-. The third kappa shape index (κ3) is 5.34. The Morgan fingerprint density at radius 2 is 1.69 bits per heavy atom. The SMILES string of the molecule is COc1cccc(/C=N\NC(=O)C2CCN(C(=O)c3cccc(OC)c3)CC2)c1. The molecule has 3 rings (SSSR count). The number of benzene rings is 2. The quantitative estimate of drug-likeness (QED) is 0.602. The number of hydrazone groups is 1. The highest BCUT2D eigenvalue weighted by atomic mass is 16.5. The summed E-state index contributed by atoms with van der Waals surface area (Å²) in [6, 6.07) is 14.5. The minimum atomic E-state index is -0.160. The molecule has 1 aliphatic heterocycles. The van der Waals surface area contributed by atoms with Crippen LogP contribution in [0.2, 0.25) is 0 Å². The van der Waals surface area contributed by atoms with Crippen LogP contribution in [0, 0.1) is 5.92 Å². The van der Waals surface area contributed by atoms with Gasteiger partial charge >= 0.3 is 0 Å². The van der Waals surface area contributed by atoms with Gasteiger partial charge in [0.05, 0.1) is 20.4 Å². The molecule has 152 valence electrons. The molecule has 0 aromatic heterocycles. The molecule has 1 aliphatic rings. The van der Waals surface area contributed by atoms with E-state index in [1.165, 1.54) is 0 Å². The van der Waals surface area contributed by atoms with Crippen molar-refractivity contribution in [2.24, 2.45) is 11.0 Å². The van der Waals surface area contributed by atoms with Crippen LogP contribution in [0.5, 0.6) is 11.5 Å². The van der Waals surface area contributed by atoms with Crippen LogP contribution >= 0.6 is 0 Å². The molecule has 2 aromatic rings. The second-order valence-electron chi connectivity index (χ2n) is 6.81. The van der Waals surface area contributed by atoms with Crippen LogP contribution in [0.15, 0.2) is 53.6 Å². The number of methoxy groups -OCH3 is 2. The van der Waals surface area contributed by atoms with Crippen LogP contribution in [0.3, 0.4) is 0 Å². The first-order valence-corrected chi connectivity index (χ1v) is 9.51. The predicted molar refractivity (Wildman–Crippen MR) is 110 cm³/mol. The Bertz CT molecular complexity index is 889. The van der Waals surface area contributed by atoms with Gasteiger partial charge in [0.2, 0.25) is 5.91 Å². The zero-order chi connectivity index (χ0) is 20.6. The summed E-state index contributed by atoms with van der Waals surface area (Å²) in [5.74, 6) is 1.05. The Balaban J connectivity index is 1.50. The van der Waals surface area contributed by atoms with Crippen molar-refractivity contribution in [3.8, 4) is 11.5 Å². The highest BCUT2D eigenvalue weighted by Gasteiger charge is 2.27. The van der Waals surface area contributed by atoms with Crippen LogP contribution < -0.4 is 14.9 Å². The van der Waals surface area contributed by atoms with Gasteiger partial charge in [-0.1, -0.05) is 18.2 Å². The minimum absolute atomic E-state index is 0.0428. The maximum Gasteiger partial charge on any atom is 0.253 e. The Kier molecular flexibility index (Phi) is 6.84. The van der Waals surface area contributed by atoms with Crippen LogP contribution in [0.25, 0.3) is 0 Å². The third-order valence-corrected chi connectivity index (χ3v) is 4.95. The van der Waals surface area contributed by atoms with E-state index in [9.17, 15) is 9.59 Å². The van der Waals surface area contributed by atoms with Crippen molar-refractivity contribution in [1.29, 1.82) is 0 Å². The smallest absolute Gasteiger partial charge is 0.253 e. The number of likely N-dealkylation sites (tertiary alicyclic amines) is 1. The average molecular weight is 395 g/mol. The maximum absolute atomic E-state index is 12.7. The zero-order valence-electron chi connectivity index (χ0n) is 16.6. The van der Waals surface area contributed by atoms with E-state index in [1.807, 2.05) is 24.3 Å². The van der Waals surface area contributed by atoms with Crippen molar-refractivity contribution in [2.45, 2.75) is 12.8 Å². The number of hydrogen-bond acceptors (Lipinski definition) is 5. The predicted octanol–water partition coefficient (Wildman–Crippen LogP) is 2.71. The molecule has 0 saturated carbocycles. The summed E-state index contributed by atoms with van der Waals surface area (Å²) in [7, 11) is 3.17. The monoisotopic (exact) mass is 395 g/mol. The topological polar surface area (TPSA) is 80.2 Å². The van der Waals surface area contributed by atoms with E-state index in [4.69, 9.17) is 9.47 Å². The molecular formula is C22H25N3O4. The number of piperidine rings is 1. The van der Waals surface area contributed by atoms with E-state index in [0.29, 0.717) is 37.2 Å². The largest absolute Gasteiger partial charge is 0.497 e. The molecule has 2 amide bonds. The Morgan fingerprint density at radius 1 is 1.03 bits per heavy atom. The number of carbonyl (C=O) groups is 2. The summed E-state index contributed by atoms with van der Waals surface area (Å²) in [4.78, 5) is 26.8. The lowest BCUT2D eigenvalue weighted by atomic mass is 9.95. The lowest BCUT2D eigenvalue weighted by molar-refractivity contribution is -0.126. The zero-order valence-corrected chi connectivity index (χ0v) is 16.6. The number of nitrogens with one attached hydrogen (secondary N) is 1. The molecule has 7 heteroatoms. The molecule has 0 atom stereocenters. The van der Waals surface area contributed by atoms with E-state index in [1.54, 1.807) is 49.6 Å². The van der Waals surface area contributed by atoms with Gasteiger partial charge in [0.25, 0.3) is 5.91 Å². The lowest BCUT2D eigenvalue weighted by Gasteiger charge is -2.31. The molecule has 0 aliphatic carbocycles. The average Bonchev–Trinajstić information content (AvgIpc) is 2.78. The fourth-order valence-corrected chi connectivity index (χ4v) is 3.27. The van der Waals surface area contributed by atoms with Crippen molar-refractivity contribution >= 4 is 18.0 Å². The van der Waals surface area contributed by atoms with Gasteiger partial charge in [-0.05, 0) is 48.7 Å². The Labute approximate surface area is 170 Å². The molecule has 2 aromatic carbocycles. The molecule has 0 radical (unpaired) electrons. The summed E-state index contributed by atoms with van der Waals surface area (Å²) in [5.41, 5.74) is 4.03. The minimum Gasteiger partial charge on any atom is -0.497 e. The van der Waals surface area contributed by atoms with E-state index >= 15 is 0 Å². The van der Waals surface area contributed by atoms with Crippen LogP contribution in [0.1, 0.15) is 28.8 Å². The van der Waals surface area contributed by atoms with Gasteiger partial charge < -0.3 is 14.4 Å². The van der Waals surface area contributed by atoms with Gasteiger partial charge in [0.15, 0.2) is 0 Å². The van der Waals surface area contributed by atoms with Crippen LogP contribution in [-0.4, -0.2) is 50.2 Å². The van der Waals surface area contributed by atoms with Crippen molar-refractivity contribution in [2.75, 3.05) is 27.3 Å². The number of rotatable bonds is 6. The summed E-state index contributed by atoms with van der Waals surface area (Å²) in [5, 5.41) is 4.04. The van der Waals surface area contributed by atoms with Crippen LogP contribution in [0.4, 0.5) is 0 Å². The summed E-state index contributed by atoms with van der Waals surface area (Å²) >= 11 is 0. The lowest BCUT2D eigenvalue weighted by Crippen LogP contribution is -2.42. The first-order chi connectivity index (χ1) is 14.1. The van der Waals surface area contributed by atoms with E-state index in [0.717, 1.165) is 11.3 Å². The van der Waals surface area contributed by atoms with Crippen molar-refractivity contribution < 1.29 is 19.1 Å². The summed E-state index contributed by atoms with van der Waals surface area (Å²) < 4.78 is 10.3. The molecule has 1 N–H and O–H groups in total. The number of ether oxygens (including phenoxy) is 2. The molecular weight excluding hydrogens is 370 g/mol. The highest BCUT2D eigenvalue weighted by Crippen LogP contribution is 2.21. The van der Waals surface area contributed by atoms with E-state index in [2.05, 4.69) is 10.5 Å². The van der Waals surface area contributed by atoms with Crippen molar-refractivity contribution in [3.05, 3.63) is 59.7 Å². The van der Waals surface area contributed by atoms with Gasteiger partial charge in [0.1, 0.15) is 11.5 Å². The first kappa shape index (κ1) is 20.4. The van der Waals surface area contributed by atoms with E-state index < -0.39 is 0 Å². The summed E-state index contributed by atoms with van der Waals surface area (Å²) in [6.07, 6.45) is 2.80. The van der Waals surface area contributed by atoms with Crippen molar-refractivity contribution in [3.63, 3.8) is 0 Å². The molecule has 0 unspecified atom stereocenters. The van der Waals surface area contributed by atoms with Crippen molar-refractivity contribution in [1.82, 2.24) is 10.3 Å². The molecule has 0 spiro atoms. The molecule has 1 saturated heterocycles. The van der Waals surface area contributed by atoms with Gasteiger partial charge in [-0.25, -0.2) is 5.43 Å². The van der Waals surface area contributed by atoms with Crippen LogP contribution in [-0.2, 0) is 4.79 Å². The molecule has 1 fully saturated rings.